The minimum Gasteiger partial charge on any atom is -0.398 e. The van der Waals surface area contributed by atoms with Crippen molar-refractivity contribution in [2.24, 2.45) is 16.2 Å². The van der Waals surface area contributed by atoms with E-state index in [2.05, 4.69) is 17.2 Å². The molecule has 2 aliphatic rings. The molecule has 0 N–H and O–H groups in total. The van der Waals surface area contributed by atoms with Crippen molar-refractivity contribution >= 4 is 17.3 Å². The maximum absolute atomic E-state index is 13.8. The summed E-state index contributed by atoms with van der Waals surface area (Å²) in [6.07, 6.45) is 1.37. The van der Waals surface area contributed by atoms with E-state index in [0.717, 1.165) is 29.7 Å². The molecule has 1 fully saturated rings. The van der Waals surface area contributed by atoms with Gasteiger partial charge in [-0.05, 0) is 49.9 Å². The van der Waals surface area contributed by atoms with Crippen LogP contribution in [0.2, 0.25) is 0 Å². The van der Waals surface area contributed by atoms with Gasteiger partial charge >= 0.3 is 5.91 Å². The summed E-state index contributed by atoms with van der Waals surface area (Å²) in [5.74, 6) is -0.217. The van der Waals surface area contributed by atoms with Crippen LogP contribution in [0.3, 0.4) is 0 Å². The standard InChI is InChI=1S/C26H31FN3O3/c1-16-15-18(11-12-22(16)27)26(3)14-13-21(26)17(2)28-33-25-20-10-8-7-9-19(20)23(29-32-6)24(31)30(25,4)5/h7-12,15,21,25H,13-14H2,1-6H3/q+1/b28-17-,29-23+. The quantitative estimate of drug-likeness (QED) is 0.370. The summed E-state index contributed by atoms with van der Waals surface area (Å²) in [6.45, 7) is 5.95. The Morgan fingerprint density at radius 1 is 1.21 bits per heavy atom. The lowest BCUT2D eigenvalue weighted by Crippen LogP contribution is -2.56. The van der Waals surface area contributed by atoms with E-state index in [4.69, 9.17) is 9.68 Å². The summed E-state index contributed by atoms with van der Waals surface area (Å²) in [5.41, 5.74) is 4.30. The van der Waals surface area contributed by atoms with Gasteiger partial charge in [0.15, 0.2) is 0 Å². The van der Waals surface area contributed by atoms with Crippen molar-refractivity contribution < 1.29 is 23.3 Å². The fraction of sp³-hybridized carbons (Fsp3) is 0.423. The third-order valence-corrected chi connectivity index (χ3v) is 7.32. The van der Waals surface area contributed by atoms with Crippen molar-refractivity contribution in [3.63, 3.8) is 0 Å². The molecule has 2 aromatic rings. The second kappa shape index (κ2) is 8.37. The molecule has 1 saturated carbocycles. The van der Waals surface area contributed by atoms with E-state index in [1.807, 2.05) is 43.3 Å². The summed E-state index contributed by atoms with van der Waals surface area (Å²) in [7, 11) is 5.00. The SMILES string of the molecule is CO/N=C1/C(=O)[N+](C)(C)C(O/N=C(/C)C2CCC2(C)c2ccc(F)c(C)c2)c2ccccc21. The molecule has 7 heteroatoms. The summed E-state index contributed by atoms with van der Waals surface area (Å²) < 4.78 is 13.7. The molecule has 4 rings (SSSR count). The number of carbonyl (C=O) groups excluding carboxylic acids is 1. The van der Waals surface area contributed by atoms with Crippen molar-refractivity contribution in [2.75, 3.05) is 21.2 Å². The van der Waals surface area contributed by atoms with Crippen LogP contribution in [0.15, 0.2) is 52.8 Å². The first-order valence-electron chi connectivity index (χ1n) is 11.2. The zero-order chi connectivity index (χ0) is 24.0. The van der Waals surface area contributed by atoms with Gasteiger partial charge in [0, 0.05) is 16.9 Å². The van der Waals surface area contributed by atoms with Crippen molar-refractivity contribution in [3.05, 3.63) is 70.5 Å². The Hall–Kier alpha value is -3.06. The molecule has 3 unspecified atom stereocenters. The Kier molecular flexibility index (Phi) is 5.86. The van der Waals surface area contributed by atoms with Crippen LogP contribution in [0.25, 0.3) is 0 Å². The molecule has 1 aliphatic heterocycles. The molecule has 1 heterocycles. The average molecular weight is 453 g/mol. The molecule has 1 aliphatic carbocycles. The number of amides is 1. The van der Waals surface area contributed by atoms with E-state index in [9.17, 15) is 9.18 Å². The number of likely N-dealkylation sites (N-methyl/N-ethyl adjacent to an activating group) is 1. The van der Waals surface area contributed by atoms with E-state index >= 15 is 0 Å². The molecule has 0 radical (unpaired) electrons. The predicted octanol–water partition coefficient (Wildman–Crippen LogP) is 4.86. The summed E-state index contributed by atoms with van der Waals surface area (Å²) >= 11 is 0. The molecular weight excluding hydrogens is 421 g/mol. The minimum atomic E-state index is -0.612. The number of nitrogens with zero attached hydrogens (tertiary/aromatic N) is 3. The average Bonchev–Trinajstić information content (AvgIpc) is 2.77. The number of quaternary nitrogens is 1. The normalized spacial score (nSPS) is 27.7. The first-order valence-corrected chi connectivity index (χ1v) is 11.2. The van der Waals surface area contributed by atoms with Gasteiger partial charge in [0.2, 0.25) is 5.71 Å². The van der Waals surface area contributed by atoms with Crippen LogP contribution in [-0.4, -0.2) is 43.0 Å². The smallest absolute Gasteiger partial charge is 0.371 e. The van der Waals surface area contributed by atoms with Crippen molar-refractivity contribution in [1.82, 2.24) is 0 Å². The van der Waals surface area contributed by atoms with Crippen LogP contribution in [0.1, 0.15) is 55.2 Å². The molecule has 0 aromatic heterocycles. The Balaban J connectivity index is 1.64. The number of halogens is 1. The highest BCUT2D eigenvalue weighted by molar-refractivity contribution is 6.43. The van der Waals surface area contributed by atoms with Crippen LogP contribution >= 0.6 is 0 Å². The second-order valence-corrected chi connectivity index (χ2v) is 9.72. The van der Waals surface area contributed by atoms with E-state index in [1.165, 1.54) is 13.2 Å². The van der Waals surface area contributed by atoms with Gasteiger partial charge in [-0.15, -0.1) is 0 Å². The van der Waals surface area contributed by atoms with E-state index in [1.54, 1.807) is 21.0 Å². The summed E-state index contributed by atoms with van der Waals surface area (Å²) in [4.78, 5) is 24.2. The summed E-state index contributed by atoms with van der Waals surface area (Å²) in [6, 6.07) is 12.9. The number of oxime groups is 2. The largest absolute Gasteiger partial charge is 0.398 e. The lowest BCUT2D eigenvalue weighted by Gasteiger charge is -2.47. The molecule has 2 aromatic carbocycles. The van der Waals surface area contributed by atoms with Crippen LogP contribution in [0.4, 0.5) is 4.39 Å². The van der Waals surface area contributed by atoms with Crippen LogP contribution in [0.5, 0.6) is 0 Å². The molecule has 0 bridgehead atoms. The highest BCUT2D eigenvalue weighted by Gasteiger charge is 2.50. The molecule has 3 atom stereocenters. The van der Waals surface area contributed by atoms with E-state index in [-0.39, 0.29) is 33.3 Å². The number of hydrogen-bond donors (Lipinski definition) is 0. The van der Waals surface area contributed by atoms with Gasteiger partial charge in [-0.1, -0.05) is 47.6 Å². The molecule has 174 valence electrons. The molecule has 0 spiro atoms. The topological polar surface area (TPSA) is 60.2 Å². The zero-order valence-electron chi connectivity index (χ0n) is 20.1. The molecule has 0 saturated heterocycles. The maximum Gasteiger partial charge on any atom is 0.371 e. The number of aryl methyl sites for hydroxylation is 1. The number of rotatable bonds is 5. The molecule has 33 heavy (non-hydrogen) atoms. The monoisotopic (exact) mass is 452 g/mol. The first-order chi connectivity index (χ1) is 15.6. The van der Waals surface area contributed by atoms with E-state index < -0.39 is 6.23 Å². The van der Waals surface area contributed by atoms with E-state index in [0.29, 0.717) is 11.1 Å². The highest BCUT2D eigenvalue weighted by Crippen LogP contribution is 2.49. The lowest BCUT2D eigenvalue weighted by molar-refractivity contribution is -0.872. The highest BCUT2D eigenvalue weighted by atomic mass is 19.1. The third-order valence-electron chi connectivity index (χ3n) is 7.32. The Morgan fingerprint density at radius 2 is 1.94 bits per heavy atom. The third kappa shape index (κ3) is 3.74. The number of fused-ring (bicyclic) bond motifs is 1. The van der Waals surface area contributed by atoms with Gasteiger partial charge in [-0.2, -0.15) is 0 Å². The van der Waals surface area contributed by atoms with Gasteiger partial charge in [0.1, 0.15) is 12.9 Å². The number of carbonyl (C=O) groups is 1. The Bertz CT molecular complexity index is 1160. The zero-order valence-corrected chi connectivity index (χ0v) is 20.1. The van der Waals surface area contributed by atoms with Gasteiger partial charge < -0.3 is 9.68 Å². The Morgan fingerprint density at radius 3 is 2.58 bits per heavy atom. The van der Waals surface area contributed by atoms with Crippen LogP contribution in [-0.2, 0) is 19.9 Å². The van der Waals surface area contributed by atoms with Gasteiger partial charge in [-0.3, -0.25) is 0 Å². The van der Waals surface area contributed by atoms with Gasteiger partial charge in [0.05, 0.1) is 25.4 Å². The van der Waals surface area contributed by atoms with Crippen molar-refractivity contribution in [1.29, 1.82) is 0 Å². The number of hydrogen-bond acceptors (Lipinski definition) is 5. The Labute approximate surface area is 194 Å². The van der Waals surface area contributed by atoms with Gasteiger partial charge in [-0.25, -0.2) is 13.7 Å². The molecule has 1 amide bonds. The maximum atomic E-state index is 13.8. The van der Waals surface area contributed by atoms with Crippen molar-refractivity contribution in [3.8, 4) is 0 Å². The fourth-order valence-electron chi connectivity index (χ4n) is 5.06. The predicted molar refractivity (Wildman–Crippen MR) is 125 cm³/mol. The van der Waals surface area contributed by atoms with Crippen molar-refractivity contribution in [2.45, 2.75) is 45.3 Å². The first kappa shape index (κ1) is 23.1. The molecular formula is C26H31FN3O3+. The number of benzene rings is 2. The molecule has 6 nitrogen and oxygen atoms in total. The van der Waals surface area contributed by atoms with Gasteiger partial charge in [0.25, 0.3) is 6.23 Å². The lowest BCUT2D eigenvalue weighted by atomic mass is 9.56. The minimum absolute atomic E-state index is 0.0882. The van der Waals surface area contributed by atoms with Crippen LogP contribution in [0, 0.1) is 18.7 Å². The second-order valence-electron chi connectivity index (χ2n) is 9.72. The van der Waals surface area contributed by atoms with Crippen LogP contribution < -0.4 is 0 Å². The fourth-order valence-corrected chi connectivity index (χ4v) is 5.06. The summed E-state index contributed by atoms with van der Waals surface area (Å²) in [5, 5.41) is 8.52.